The molecule has 0 bridgehead atoms. The summed E-state index contributed by atoms with van der Waals surface area (Å²) in [6, 6.07) is 35.0. The van der Waals surface area contributed by atoms with Crippen LogP contribution in [0.25, 0.3) is 0 Å². The van der Waals surface area contributed by atoms with Gasteiger partial charge in [0.05, 0.1) is 22.8 Å². The number of benzene rings is 5. The normalized spacial score (nSPS) is 14.1. The number of anilines is 1. The number of fused-ring (bicyclic) bond motifs is 1. The Morgan fingerprint density at radius 2 is 1.45 bits per heavy atom. The van der Waals surface area contributed by atoms with E-state index in [1.807, 2.05) is 91.9 Å². The number of nitrogens with zero attached hydrogens (tertiary/aromatic N) is 3. The van der Waals surface area contributed by atoms with E-state index in [4.69, 9.17) is 32.7 Å². The molecule has 0 N–H and O–H groups in total. The van der Waals surface area contributed by atoms with E-state index in [9.17, 15) is 14.9 Å². The third-order valence-corrected chi connectivity index (χ3v) is 8.52. The minimum Gasteiger partial charge on any atom is -0.490 e. The highest BCUT2D eigenvalue weighted by molar-refractivity contribution is 6.35. The summed E-state index contributed by atoms with van der Waals surface area (Å²) < 4.78 is 12.3. The van der Waals surface area contributed by atoms with Crippen molar-refractivity contribution in [2.75, 3.05) is 11.5 Å². The summed E-state index contributed by atoms with van der Waals surface area (Å²) in [6.45, 7) is 3.19. The second-order valence-electron chi connectivity index (χ2n) is 11.0. The van der Waals surface area contributed by atoms with Crippen LogP contribution in [0.5, 0.6) is 11.5 Å². The number of hydrogen-bond donors (Lipinski definition) is 0. The van der Waals surface area contributed by atoms with Crippen LogP contribution >= 0.6 is 23.2 Å². The average Bonchev–Trinajstić information content (AvgIpc) is 3.08. The molecule has 5 aromatic carbocycles. The van der Waals surface area contributed by atoms with Gasteiger partial charge in [0.1, 0.15) is 12.8 Å². The molecule has 0 aliphatic carbocycles. The van der Waals surface area contributed by atoms with Gasteiger partial charge in [0.15, 0.2) is 11.5 Å². The molecule has 8 nitrogen and oxygen atoms in total. The maximum atomic E-state index is 14.4. The number of non-ortho nitro benzene ring substituents is 1. The summed E-state index contributed by atoms with van der Waals surface area (Å²) >= 11 is 12.5. The zero-order chi connectivity index (χ0) is 32.9. The van der Waals surface area contributed by atoms with E-state index in [1.54, 1.807) is 23.1 Å². The van der Waals surface area contributed by atoms with Crippen LogP contribution in [-0.4, -0.2) is 22.3 Å². The zero-order valence-corrected chi connectivity index (χ0v) is 27.0. The van der Waals surface area contributed by atoms with Gasteiger partial charge in [-0.2, -0.15) is 0 Å². The molecule has 1 aliphatic heterocycles. The summed E-state index contributed by atoms with van der Waals surface area (Å²) in [5.41, 5.74) is 4.23. The van der Waals surface area contributed by atoms with Gasteiger partial charge < -0.3 is 19.3 Å². The summed E-state index contributed by atoms with van der Waals surface area (Å²) in [4.78, 5) is 29.5. The summed E-state index contributed by atoms with van der Waals surface area (Å²) in [5.74, 6) is 0.720. The van der Waals surface area contributed by atoms with Crippen molar-refractivity contribution in [2.45, 2.75) is 32.8 Å². The Balaban J connectivity index is 1.46. The van der Waals surface area contributed by atoms with Crippen molar-refractivity contribution in [3.63, 3.8) is 0 Å². The Bertz CT molecular complexity index is 1910. The van der Waals surface area contributed by atoms with E-state index in [1.165, 1.54) is 12.1 Å². The predicted molar refractivity (Wildman–Crippen MR) is 183 cm³/mol. The molecule has 47 heavy (non-hydrogen) atoms. The molecule has 1 amide bonds. The quantitative estimate of drug-likeness (QED) is 0.103. The van der Waals surface area contributed by atoms with Crippen LogP contribution in [0.1, 0.15) is 45.7 Å². The topological polar surface area (TPSA) is 85.1 Å². The van der Waals surface area contributed by atoms with Crippen molar-refractivity contribution in [3.05, 3.63) is 163 Å². The average molecular weight is 669 g/mol. The first-order valence-electron chi connectivity index (χ1n) is 15.1. The van der Waals surface area contributed by atoms with Gasteiger partial charge >= 0.3 is 0 Å². The molecule has 0 spiro atoms. The number of ether oxygens (including phenoxy) is 2. The maximum absolute atomic E-state index is 14.4. The Morgan fingerprint density at radius 3 is 2.09 bits per heavy atom. The van der Waals surface area contributed by atoms with Gasteiger partial charge in [-0.05, 0) is 53.9 Å². The Kier molecular flexibility index (Phi) is 9.61. The molecule has 0 saturated heterocycles. The lowest BCUT2D eigenvalue weighted by atomic mass is 9.98. The van der Waals surface area contributed by atoms with Gasteiger partial charge in [0.2, 0.25) is 0 Å². The van der Waals surface area contributed by atoms with Gasteiger partial charge in [0, 0.05) is 40.8 Å². The minimum absolute atomic E-state index is 0.143. The van der Waals surface area contributed by atoms with Gasteiger partial charge in [-0.25, -0.2) is 0 Å². The van der Waals surface area contributed by atoms with Crippen LogP contribution in [0.4, 0.5) is 11.4 Å². The third kappa shape index (κ3) is 7.04. The van der Waals surface area contributed by atoms with Crippen LogP contribution < -0.4 is 14.4 Å². The van der Waals surface area contributed by atoms with E-state index < -0.39 is 11.1 Å². The Morgan fingerprint density at radius 1 is 0.766 bits per heavy atom. The lowest BCUT2D eigenvalue weighted by Crippen LogP contribution is -2.48. The molecular formula is C37H31Cl2N3O5. The third-order valence-electron chi connectivity index (χ3n) is 7.94. The molecule has 6 rings (SSSR count). The fourth-order valence-electron chi connectivity index (χ4n) is 5.74. The first kappa shape index (κ1) is 31.9. The summed E-state index contributed by atoms with van der Waals surface area (Å²) in [5, 5.41) is 12.8. The highest BCUT2D eigenvalue weighted by atomic mass is 35.5. The molecule has 5 aromatic rings. The molecule has 1 heterocycles. The number of hydrogen-bond acceptors (Lipinski definition) is 6. The largest absolute Gasteiger partial charge is 0.490 e. The molecule has 10 heteroatoms. The number of amides is 1. The minimum atomic E-state index is -0.587. The number of carbonyl (C=O) groups is 1. The number of carbonyl (C=O) groups excluding carboxylic acids is 1. The van der Waals surface area contributed by atoms with Crippen molar-refractivity contribution in [2.24, 2.45) is 0 Å². The van der Waals surface area contributed by atoms with Crippen molar-refractivity contribution >= 4 is 40.5 Å². The van der Waals surface area contributed by atoms with Crippen molar-refractivity contribution in [1.82, 2.24) is 4.90 Å². The highest BCUT2D eigenvalue weighted by Gasteiger charge is 2.40. The molecule has 0 radical (unpaired) electrons. The zero-order valence-electron chi connectivity index (χ0n) is 25.5. The molecule has 1 atom stereocenters. The molecule has 0 aromatic heterocycles. The molecular weight excluding hydrogens is 637 g/mol. The van der Waals surface area contributed by atoms with E-state index in [-0.39, 0.29) is 30.3 Å². The van der Waals surface area contributed by atoms with Gasteiger partial charge in [-0.1, -0.05) is 96.0 Å². The number of nitro benzene ring substituents is 1. The van der Waals surface area contributed by atoms with Crippen LogP contribution in [0.2, 0.25) is 10.0 Å². The van der Waals surface area contributed by atoms with E-state index >= 15 is 0 Å². The van der Waals surface area contributed by atoms with E-state index in [2.05, 4.69) is 4.90 Å². The van der Waals surface area contributed by atoms with Gasteiger partial charge in [0.25, 0.3) is 11.6 Å². The molecule has 0 fully saturated rings. The summed E-state index contributed by atoms with van der Waals surface area (Å²) in [6.07, 6.45) is -0.587. The summed E-state index contributed by atoms with van der Waals surface area (Å²) in [7, 11) is 0. The van der Waals surface area contributed by atoms with Crippen molar-refractivity contribution in [3.8, 4) is 11.5 Å². The van der Waals surface area contributed by atoms with Crippen molar-refractivity contribution in [1.29, 1.82) is 0 Å². The number of halogens is 2. The van der Waals surface area contributed by atoms with E-state index in [0.29, 0.717) is 40.4 Å². The van der Waals surface area contributed by atoms with Gasteiger partial charge in [-0.3, -0.25) is 14.9 Å². The van der Waals surface area contributed by atoms with Crippen LogP contribution in [0.3, 0.4) is 0 Å². The number of nitro groups is 1. The SMILES string of the molecule is CCOc1cc([C@H]2N(Cc3ccccc3)C(=O)c3cc([N+](=O)[O-])ccc3N2Cc2ccccc2)ccc1OCc1ccc(Cl)cc1Cl. The fourth-order valence-corrected chi connectivity index (χ4v) is 6.21. The second kappa shape index (κ2) is 14.2. The van der Waals surface area contributed by atoms with Crippen LogP contribution in [0.15, 0.2) is 115 Å². The lowest BCUT2D eigenvalue weighted by Gasteiger charge is -2.46. The monoisotopic (exact) mass is 667 g/mol. The Hall–Kier alpha value is -5.05. The highest BCUT2D eigenvalue weighted by Crippen LogP contribution is 2.44. The molecule has 0 saturated carbocycles. The predicted octanol–water partition coefficient (Wildman–Crippen LogP) is 9.24. The maximum Gasteiger partial charge on any atom is 0.270 e. The van der Waals surface area contributed by atoms with Gasteiger partial charge in [-0.15, -0.1) is 0 Å². The molecule has 238 valence electrons. The number of rotatable bonds is 11. The first-order chi connectivity index (χ1) is 22.8. The van der Waals surface area contributed by atoms with E-state index in [0.717, 1.165) is 22.3 Å². The van der Waals surface area contributed by atoms with Crippen LogP contribution in [-0.2, 0) is 19.7 Å². The standard InChI is InChI=1S/C37H31Cl2N3O5/c1-2-46-35-19-27(14-18-34(35)47-24-28-13-15-29(38)20-32(28)39)36-40(22-25-9-5-3-6-10-25)33-17-16-30(42(44)45)21-31(33)37(43)41(36)23-26-11-7-4-8-12-26/h3-21,36H,2,22-24H2,1H3/t36-/m1/s1. The smallest absolute Gasteiger partial charge is 0.270 e. The fraction of sp³-hybridized carbons (Fsp3) is 0.162. The molecule has 0 unspecified atom stereocenters. The first-order valence-corrected chi connectivity index (χ1v) is 15.9. The molecule has 1 aliphatic rings. The van der Waals surface area contributed by atoms with Crippen molar-refractivity contribution < 1.29 is 19.2 Å². The van der Waals surface area contributed by atoms with Crippen LogP contribution in [0, 0.1) is 10.1 Å². The Labute approximate surface area is 282 Å². The lowest BCUT2D eigenvalue weighted by molar-refractivity contribution is -0.384. The second-order valence-corrected chi connectivity index (χ2v) is 11.9.